The number of carbonyl (C=O) groups excluding carboxylic acids is 1. The molecule has 1 unspecified atom stereocenters. The Balaban J connectivity index is 2.64. The van der Waals surface area contributed by atoms with E-state index < -0.39 is 29.8 Å². The molecule has 8 nitrogen and oxygen atoms in total. The lowest BCUT2D eigenvalue weighted by Gasteiger charge is -2.29. The van der Waals surface area contributed by atoms with Crippen LogP contribution >= 0.6 is 0 Å². The molecule has 1 saturated heterocycles. The summed E-state index contributed by atoms with van der Waals surface area (Å²) in [6.07, 6.45) is 2.23. The summed E-state index contributed by atoms with van der Waals surface area (Å²) in [6.45, 7) is 2.17. The molecule has 0 bridgehead atoms. The van der Waals surface area contributed by atoms with Crippen LogP contribution in [0.4, 0.5) is 0 Å². The second-order valence-corrected chi connectivity index (χ2v) is 4.84. The molecule has 0 spiro atoms. The molecule has 114 valence electrons. The fraction of sp³-hybridized carbons (Fsp3) is 0.538. The highest BCUT2D eigenvalue weighted by molar-refractivity contribution is 5.99. The second kappa shape index (κ2) is 7.28. The van der Waals surface area contributed by atoms with Gasteiger partial charge >= 0.3 is 11.9 Å². The molecule has 1 amide bonds. The third-order valence-electron chi connectivity index (χ3n) is 3.27. The zero-order valence-electron chi connectivity index (χ0n) is 11.6. The number of likely N-dealkylation sites (tertiary alicyclic amines) is 1. The first-order valence-corrected chi connectivity index (χ1v) is 6.47. The summed E-state index contributed by atoms with van der Waals surface area (Å²) in [5.74, 6) is -3.19. The Morgan fingerprint density at radius 1 is 1.33 bits per heavy atom. The minimum Gasteiger partial charge on any atom is -0.481 e. The zero-order chi connectivity index (χ0) is 16.0. The number of hydrogen-bond donors (Lipinski definition) is 3. The summed E-state index contributed by atoms with van der Waals surface area (Å²) >= 11 is 0. The van der Waals surface area contributed by atoms with Crippen molar-refractivity contribution in [3.05, 3.63) is 11.8 Å². The van der Waals surface area contributed by atoms with Gasteiger partial charge in [0.25, 0.3) is 5.91 Å². The summed E-state index contributed by atoms with van der Waals surface area (Å²) in [4.78, 5) is 34.9. The van der Waals surface area contributed by atoms with Crippen molar-refractivity contribution in [1.82, 2.24) is 10.2 Å². The van der Waals surface area contributed by atoms with Crippen LogP contribution in [0, 0.1) is 17.2 Å². The normalized spacial score (nSPS) is 17.7. The number of aliphatic carboxylic acids is 2. The van der Waals surface area contributed by atoms with Gasteiger partial charge in [0.15, 0.2) is 0 Å². The fourth-order valence-corrected chi connectivity index (χ4v) is 1.93. The third kappa shape index (κ3) is 4.80. The molecule has 1 fully saturated rings. The average Bonchev–Trinajstić information content (AvgIpc) is 2.44. The van der Waals surface area contributed by atoms with Gasteiger partial charge in [0.2, 0.25) is 0 Å². The SMILES string of the molecule is CC(NC(=O)/C(C#N)=C\N1CCC(C(=O)O)CC1)C(=O)O. The van der Waals surface area contributed by atoms with E-state index in [1.165, 1.54) is 13.1 Å². The largest absolute Gasteiger partial charge is 0.481 e. The van der Waals surface area contributed by atoms with Gasteiger partial charge in [-0.3, -0.25) is 14.4 Å². The molecule has 0 radical (unpaired) electrons. The molecule has 1 aliphatic heterocycles. The molecule has 0 aromatic heterocycles. The lowest BCUT2D eigenvalue weighted by Crippen LogP contribution is -2.40. The summed E-state index contributed by atoms with van der Waals surface area (Å²) < 4.78 is 0. The van der Waals surface area contributed by atoms with E-state index >= 15 is 0 Å². The molecular formula is C13H17N3O5. The Bertz CT molecular complexity index is 500. The van der Waals surface area contributed by atoms with E-state index in [0.29, 0.717) is 25.9 Å². The van der Waals surface area contributed by atoms with Crippen LogP contribution in [0.1, 0.15) is 19.8 Å². The number of carboxylic acid groups (broad SMARTS) is 2. The first kappa shape index (κ1) is 16.5. The van der Waals surface area contributed by atoms with E-state index in [0.717, 1.165) is 0 Å². The summed E-state index contributed by atoms with van der Waals surface area (Å²) in [6, 6.07) is 0.635. The van der Waals surface area contributed by atoms with E-state index in [9.17, 15) is 14.4 Å². The Labute approximate surface area is 121 Å². The molecule has 1 aliphatic rings. The van der Waals surface area contributed by atoms with Gasteiger partial charge in [-0.05, 0) is 19.8 Å². The smallest absolute Gasteiger partial charge is 0.325 e. The van der Waals surface area contributed by atoms with Crippen LogP contribution < -0.4 is 5.32 Å². The standard InChI is InChI=1S/C13H17N3O5/c1-8(12(18)19)15-11(17)10(6-14)7-16-4-2-9(3-5-16)13(20)21/h7-9H,2-5H2,1H3,(H,15,17)(H,18,19)(H,20,21)/b10-7-. The molecule has 1 heterocycles. The van der Waals surface area contributed by atoms with Gasteiger partial charge in [-0.2, -0.15) is 5.26 Å². The Kier molecular flexibility index (Phi) is 5.72. The van der Waals surface area contributed by atoms with Crippen molar-refractivity contribution >= 4 is 17.8 Å². The van der Waals surface area contributed by atoms with Crippen LogP contribution in [0.25, 0.3) is 0 Å². The maximum Gasteiger partial charge on any atom is 0.325 e. The number of nitriles is 1. The molecule has 8 heteroatoms. The number of piperidine rings is 1. The number of carbonyl (C=O) groups is 3. The molecule has 3 N–H and O–H groups in total. The van der Waals surface area contributed by atoms with Crippen LogP contribution in [0.15, 0.2) is 11.8 Å². The Hall–Kier alpha value is -2.56. The highest BCUT2D eigenvalue weighted by Gasteiger charge is 2.24. The molecule has 1 rings (SSSR count). The minimum absolute atomic E-state index is 0.197. The van der Waals surface area contributed by atoms with Gasteiger partial charge in [0, 0.05) is 19.3 Å². The lowest BCUT2D eigenvalue weighted by atomic mass is 9.97. The van der Waals surface area contributed by atoms with Crippen molar-refractivity contribution in [2.45, 2.75) is 25.8 Å². The van der Waals surface area contributed by atoms with Crippen LogP contribution in [-0.2, 0) is 14.4 Å². The summed E-state index contributed by atoms with van der Waals surface area (Å²) in [5, 5.41) is 28.8. The predicted octanol–water partition coefficient (Wildman–Crippen LogP) is -0.220. The quantitative estimate of drug-likeness (QED) is 0.472. The van der Waals surface area contributed by atoms with Crippen molar-refractivity contribution in [1.29, 1.82) is 5.26 Å². The first-order chi connectivity index (χ1) is 9.85. The molecule has 0 aromatic carbocycles. The van der Waals surface area contributed by atoms with E-state index in [1.807, 2.05) is 0 Å². The number of carboxylic acids is 2. The average molecular weight is 295 g/mol. The number of hydrogen-bond acceptors (Lipinski definition) is 5. The van der Waals surface area contributed by atoms with Crippen molar-refractivity contribution in [3.8, 4) is 6.07 Å². The fourth-order valence-electron chi connectivity index (χ4n) is 1.93. The van der Waals surface area contributed by atoms with Gasteiger partial charge in [0.05, 0.1) is 5.92 Å². The highest BCUT2D eigenvalue weighted by Crippen LogP contribution is 2.18. The van der Waals surface area contributed by atoms with E-state index in [1.54, 1.807) is 11.0 Å². The Morgan fingerprint density at radius 3 is 2.33 bits per heavy atom. The van der Waals surface area contributed by atoms with Gasteiger partial charge in [-0.15, -0.1) is 0 Å². The zero-order valence-corrected chi connectivity index (χ0v) is 11.6. The molecule has 0 saturated carbocycles. The molecule has 1 atom stereocenters. The van der Waals surface area contributed by atoms with Gasteiger partial charge in [0.1, 0.15) is 17.7 Å². The van der Waals surface area contributed by atoms with Gasteiger partial charge in [-0.1, -0.05) is 0 Å². The second-order valence-electron chi connectivity index (χ2n) is 4.84. The number of nitrogens with one attached hydrogen (secondary N) is 1. The van der Waals surface area contributed by atoms with E-state index in [-0.39, 0.29) is 5.57 Å². The topological polar surface area (TPSA) is 131 Å². The summed E-state index contributed by atoms with van der Waals surface area (Å²) in [7, 11) is 0. The van der Waals surface area contributed by atoms with Crippen molar-refractivity contribution < 1.29 is 24.6 Å². The maximum absolute atomic E-state index is 11.7. The van der Waals surface area contributed by atoms with Gasteiger partial charge < -0.3 is 20.4 Å². The van der Waals surface area contributed by atoms with Gasteiger partial charge in [-0.25, -0.2) is 0 Å². The van der Waals surface area contributed by atoms with Crippen molar-refractivity contribution in [2.24, 2.45) is 5.92 Å². The van der Waals surface area contributed by atoms with E-state index in [4.69, 9.17) is 15.5 Å². The van der Waals surface area contributed by atoms with Crippen molar-refractivity contribution in [3.63, 3.8) is 0 Å². The number of amides is 1. The molecule has 0 aromatic rings. The van der Waals surface area contributed by atoms with E-state index in [2.05, 4.69) is 5.32 Å². The third-order valence-corrected chi connectivity index (χ3v) is 3.27. The predicted molar refractivity (Wildman–Crippen MR) is 70.9 cm³/mol. The summed E-state index contributed by atoms with van der Waals surface area (Å²) in [5.41, 5.74) is -0.197. The Morgan fingerprint density at radius 2 is 1.90 bits per heavy atom. The molecular weight excluding hydrogens is 278 g/mol. The van der Waals surface area contributed by atoms with Crippen LogP contribution in [0.2, 0.25) is 0 Å². The van der Waals surface area contributed by atoms with Crippen LogP contribution in [-0.4, -0.2) is 52.1 Å². The minimum atomic E-state index is -1.19. The molecule has 21 heavy (non-hydrogen) atoms. The molecule has 0 aliphatic carbocycles. The monoisotopic (exact) mass is 295 g/mol. The lowest BCUT2D eigenvalue weighted by molar-refractivity contribution is -0.143. The maximum atomic E-state index is 11.7. The van der Waals surface area contributed by atoms with Crippen LogP contribution in [0.3, 0.4) is 0 Å². The number of rotatable bonds is 5. The number of nitrogens with zero attached hydrogens (tertiary/aromatic N) is 2. The first-order valence-electron chi connectivity index (χ1n) is 6.47. The van der Waals surface area contributed by atoms with Crippen LogP contribution in [0.5, 0.6) is 0 Å². The van der Waals surface area contributed by atoms with Crippen molar-refractivity contribution in [2.75, 3.05) is 13.1 Å². The highest BCUT2D eigenvalue weighted by atomic mass is 16.4.